The number of benzene rings is 1. The summed E-state index contributed by atoms with van der Waals surface area (Å²) in [6.07, 6.45) is 0. The molecule has 0 spiro atoms. The van der Waals surface area contributed by atoms with Crippen LogP contribution in [0.2, 0.25) is 0 Å². The second kappa shape index (κ2) is 4.61. The maximum atomic E-state index is 4.45. The maximum absolute atomic E-state index is 4.45. The highest BCUT2D eigenvalue weighted by Gasteiger charge is 2.21. The Morgan fingerprint density at radius 3 is 2.33 bits per heavy atom. The summed E-state index contributed by atoms with van der Waals surface area (Å²) in [4.78, 5) is 0. The SMILES string of the molecule is Cc1ccc(C(C)C)cc1C(C)(C)CS. The monoisotopic (exact) mass is 222 g/mol. The van der Waals surface area contributed by atoms with E-state index in [1.54, 1.807) is 0 Å². The van der Waals surface area contributed by atoms with Gasteiger partial charge in [0.15, 0.2) is 0 Å². The molecule has 15 heavy (non-hydrogen) atoms. The number of rotatable bonds is 3. The zero-order valence-electron chi connectivity index (χ0n) is 10.5. The number of thiol groups is 1. The van der Waals surface area contributed by atoms with Gasteiger partial charge >= 0.3 is 0 Å². The molecule has 0 atom stereocenters. The van der Waals surface area contributed by atoms with Crippen molar-refractivity contribution in [1.82, 2.24) is 0 Å². The Kier molecular flexibility index (Phi) is 3.88. The van der Waals surface area contributed by atoms with Crippen LogP contribution in [0, 0.1) is 6.92 Å². The van der Waals surface area contributed by atoms with Crippen molar-refractivity contribution >= 4 is 12.6 Å². The van der Waals surface area contributed by atoms with Gasteiger partial charge in [0, 0.05) is 0 Å². The standard InChI is InChI=1S/C14H22S/c1-10(2)12-7-6-11(3)13(8-12)14(4,5)9-15/h6-8,10,15H,9H2,1-5H3. The lowest BCUT2D eigenvalue weighted by Crippen LogP contribution is -2.20. The minimum absolute atomic E-state index is 0.165. The highest BCUT2D eigenvalue weighted by Crippen LogP contribution is 2.30. The molecule has 0 aromatic heterocycles. The average molecular weight is 222 g/mol. The number of aryl methyl sites for hydroxylation is 1. The normalized spacial score (nSPS) is 12.2. The summed E-state index contributed by atoms with van der Waals surface area (Å²) in [6.45, 7) is 11.2. The first kappa shape index (κ1) is 12.6. The van der Waals surface area contributed by atoms with Crippen LogP contribution >= 0.6 is 12.6 Å². The first-order valence-electron chi connectivity index (χ1n) is 5.60. The molecule has 0 aliphatic carbocycles. The van der Waals surface area contributed by atoms with Crippen LogP contribution in [0.4, 0.5) is 0 Å². The van der Waals surface area contributed by atoms with E-state index in [4.69, 9.17) is 0 Å². The summed E-state index contributed by atoms with van der Waals surface area (Å²) in [6, 6.07) is 6.81. The Hall–Kier alpha value is -0.430. The highest BCUT2D eigenvalue weighted by atomic mass is 32.1. The average Bonchev–Trinajstić information content (AvgIpc) is 2.17. The summed E-state index contributed by atoms with van der Waals surface area (Å²) in [5, 5.41) is 0. The van der Waals surface area contributed by atoms with Gasteiger partial charge in [-0.15, -0.1) is 0 Å². The summed E-state index contributed by atoms with van der Waals surface area (Å²) >= 11 is 4.45. The van der Waals surface area contributed by atoms with E-state index in [-0.39, 0.29) is 5.41 Å². The molecule has 0 saturated carbocycles. The van der Waals surface area contributed by atoms with E-state index < -0.39 is 0 Å². The lowest BCUT2D eigenvalue weighted by Gasteiger charge is -2.26. The van der Waals surface area contributed by atoms with Crippen molar-refractivity contribution in [2.24, 2.45) is 0 Å². The van der Waals surface area contributed by atoms with Crippen LogP contribution in [0.1, 0.15) is 50.3 Å². The van der Waals surface area contributed by atoms with Crippen LogP contribution in [0.25, 0.3) is 0 Å². The van der Waals surface area contributed by atoms with E-state index in [0.717, 1.165) is 5.75 Å². The molecule has 0 amide bonds. The van der Waals surface area contributed by atoms with Gasteiger partial charge in [-0.25, -0.2) is 0 Å². The van der Waals surface area contributed by atoms with Crippen molar-refractivity contribution in [3.63, 3.8) is 0 Å². The molecule has 0 unspecified atom stereocenters. The third-order valence-corrected chi connectivity index (χ3v) is 3.84. The molecule has 0 N–H and O–H groups in total. The number of hydrogen-bond donors (Lipinski definition) is 1. The summed E-state index contributed by atoms with van der Waals surface area (Å²) in [5.41, 5.74) is 4.39. The Balaban J connectivity index is 3.22. The van der Waals surface area contributed by atoms with E-state index in [2.05, 4.69) is 65.4 Å². The molecule has 0 bridgehead atoms. The number of hydrogen-bond acceptors (Lipinski definition) is 1. The fourth-order valence-corrected chi connectivity index (χ4v) is 1.98. The molecular formula is C14H22S. The van der Waals surface area contributed by atoms with Gasteiger partial charge in [-0.3, -0.25) is 0 Å². The quantitative estimate of drug-likeness (QED) is 0.723. The molecule has 0 radical (unpaired) electrons. The van der Waals surface area contributed by atoms with Crippen LogP contribution in [-0.4, -0.2) is 5.75 Å². The van der Waals surface area contributed by atoms with Gasteiger partial charge < -0.3 is 0 Å². The van der Waals surface area contributed by atoms with Gasteiger partial charge in [0.05, 0.1) is 0 Å². The Morgan fingerprint density at radius 1 is 1.27 bits per heavy atom. The van der Waals surface area contributed by atoms with E-state index in [0.29, 0.717) is 5.92 Å². The molecular weight excluding hydrogens is 200 g/mol. The first-order chi connectivity index (χ1) is 6.88. The molecule has 0 nitrogen and oxygen atoms in total. The topological polar surface area (TPSA) is 0 Å². The first-order valence-corrected chi connectivity index (χ1v) is 6.23. The van der Waals surface area contributed by atoms with Gasteiger partial charge in [0.2, 0.25) is 0 Å². The van der Waals surface area contributed by atoms with E-state index in [9.17, 15) is 0 Å². The van der Waals surface area contributed by atoms with Gasteiger partial charge in [-0.1, -0.05) is 45.9 Å². The van der Waals surface area contributed by atoms with Crippen LogP contribution in [-0.2, 0) is 5.41 Å². The van der Waals surface area contributed by atoms with Crippen molar-refractivity contribution in [2.75, 3.05) is 5.75 Å². The molecule has 0 fully saturated rings. The van der Waals surface area contributed by atoms with E-state index in [1.807, 2.05) is 0 Å². The summed E-state index contributed by atoms with van der Waals surface area (Å²) < 4.78 is 0. The summed E-state index contributed by atoms with van der Waals surface area (Å²) in [5.74, 6) is 1.48. The smallest absolute Gasteiger partial charge is 0.000573 e. The van der Waals surface area contributed by atoms with Crippen molar-refractivity contribution < 1.29 is 0 Å². The second-order valence-corrected chi connectivity index (χ2v) is 5.59. The minimum Gasteiger partial charge on any atom is -0.178 e. The minimum atomic E-state index is 0.165. The van der Waals surface area contributed by atoms with Crippen molar-refractivity contribution in [3.8, 4) is 0 Å². The largest absolute Gasteiger partial charge is 0.178 e. The zero-order chi connectivity index (χ0) is 11.6. The molecule has 0 heterocycles. The van der Waals surface area contributed by atoms with Crippen LogP contribution in [0.5, 0.6) is 0 Å². The molecule has 1 aromatic carbocycles. The Labute approximate surface area is 99.5 Å². The van der Waals surface area contributed by atoms with E-state index >= 15 is 0 Å². The maximum Gasteiger partial charge on any atom is -0.000573 e. The fraction of sp³-hybridized carbons (Fsp3) is 0.571. The van der Waals surface area contributed by atoms with Crippen LogP contribution in [0.15, 0.2) is 18.2 Å². The van der Waals surface area contributed by atoms with Crippen molar-refractivity contribution in [2.45, 2.75) is 46.0 Å². The van der Waals surface area contributed by atoms with Gasteiger partial charge in [0.1, 0.15) is 0 Å². The molecule has 84 valence electrons. The van der Waals surface area contributed by atoms with Gasteiger partial charge in [-0.2, -0.15) is 12.6 Å². The molecule has 0 aliphatic rings. The molecule has 1 aromatic rings. The third-order valence-electron chi connectivity index (χ3n) is 3.05. The van der Waals surface area contributed by atoms with Crippen LogP contribution < -0.4 is 0 Å². The summed E-state index contributed by atoms with van der Waals surface area (Å²) in [7, 11) is 0. The molecule has 1 heteroatoms. The zero-order valence-corrected chi connectivity index (χ0v) is 11.4. The van der Waals surface area contributed by atoms with Crippen molar-refractivity contribution in [1.29, 1.82) is 0 Å². The molecule has 0 saturated heterocycles. The lowest BCUT2D eigenvalue weighted by molar-refractivity contribution is 0.597. The molecule has 1 rings (SSSR count). The highest BCUT2D eigenvalue weighted by molar-refractivity contribution is 7.80. The van der Waals surface area contributed by atoms with Gasteiger partial charge in [0.25, 0.3) is 0 Å². The Morgan fingerprint density at radius 2 is 1.87 bits per heavy atom. The lowest BCUT2D eigenvalue weighted by atomic mass is 9.82. The predicted molar refractivity (Wildman–Crippen MR) is 72.1 cm³/mol. The van der Waals surface area contributed by atoms with Crippen molar-refractivity contribution in [3.05, 3.63) is 34.9 Å². The third kappa shape index (κ3) is 2.78. The van der Waals surface area contributed by atoms with Gasteiger partial charge in [-0.05, 0) is 40.7 Å². The predicted octanol–water partition coefficient (Wildman–Crippen LogP) is 4.33. The van der Waals surface area contributed by atoms with Crippen LogP contribution in [0.3, 0.4) is 0 Å². The Bertz CT molecular complexity index is 337. The molecule has 0 aliphatic heterocycles. The fourth-order valence-electron chi connectivity index (χ4n) is 1.81. The van der Waals surface area contributed by atoms with E-state index in [1.165, 1.54) is 16.7 Å². The second-order valence-electron chi connectivity index (χ2n) is 5.27.